The molecule has 2 aromatic carbocycles. The summed E-state index contributed by atoms with van der Waals surface area (Å²) in [5.41, 5.74) is 9.61. The van der Waals surface area contributed by atoms with E-state index >= 15 is 0 Å². The molecule has 5 rings (SSSR count). The molecule has 3 aromatic rings. The van der Waals surface area contributed by atoms with Crippen molar-refractivity contribution in [2.24, 2.45) is 5.92 Å². The number of nitrogens with zero attached hydrogens (tertiary/aromatic N) is 2. The van der Waals surface area contributed by atoms with Crippen LogP contribution < -0.4 is 4.90 Å². The lowest BCUT2D eigenvalue weighted by atomic mass is 9.79. The summed E-state index contributed by atoms with van der Waals surface area (Å²) in [7, 11) is 0. The summed E-state index contributed by atoms with van der Waals surface area (Å²) in [6.45, 7) is 8.14. The number of hydrogen-bond donors (Lipinski definition) is 0. The van der Waals surface area contributed by atoms with E-state index in [-0.39, 0.29) is 5.91 Å². The summed E-state index contributed by atoms with van der Waals surface area (Å²) in [5, 5.41) is 0. The van der Waals surface area contributed by atoms with Crippen molar-refractivity contribution < 1.29 is 4.79 Å². The lowest BCUT2D eigenvalue weighted by Gasteiger charge is -2.27. The van der Waals surface area contributed by atoms with Gasteiger partial charge in [0.05, 0.1) is 6.54 Å². The number of aryl methyl sites for hydroxylation is 1. The van der Waals surface area contributed by atoms with Gasteiger partial charge in [0.2, 0.25) is 0 Å². The van der Waals surface area contributed by atoms with Crippen LogP contribution in [0.3, 0.4) is 0 Å². The first-order chi connectivity index (χ1) is 15.0. The number of carbonyl (C=O) groups excluding carboxylic acids is 1. The molecule has 1 unspecified atom stereocenters. The van der Waals surface area contributed by atoms with Gasteiger partial charge in [-0.2, -0.15) is 0 Å². The summed E-state index contributed by atoms with van der Waals surface area (Å²) in [6.07, 6.45) is 5.81. The highest BCUT2D eigenvalue weighted by molar-refractivity contribution is 6.06. The molecule has 0 radical (unpaired) electrons. The highest BCUT2D eigenvalue weighted by Crippen LogP contribution is 2.38. The summed E-state index contributed by atoms with van der Waals surface area (Å²) >= 11 is 0. The molecule has 0 saturated heterocycles. The molecule has 158 valence electrons. The largest absolute Gasteiger partial charge is 0.345 e. The second kappa shape index (κ2) is 7.88. The van der Waals surface area contributed by atoms with Crippen LogP contribution in [0.2, 0.25) is 0 Å². The fraction of sp³-hybridized carbons (Fsp3) is 0.321. The quantitative estimate of drug-likeness (QED) is 0.467. The Balaban J connectivity index is 1.53. The number of rotatable bonds is 2. The second-order valence-corrected chi connectivity index (χ2v) is 9.16. The van der Waals surface area contributed by atoms with Crippen LogP contribution in [0.1, 0.15) is 65.9 Å². The molecule has 31 heavy (non-hydrogen) atoms. The van der Waals surface area contributed by atoms with Gasteiger partial charge in [0.1, 0.15) is 0 Å². The molecular weight excluding hydrogens is 380 g/mol. The number of para-hydroxylation sites is 1. The van der Waals surface area contributed by atoms with Crippen LogP contribution >= 0.6 is 0 Å². The predicted molar refractivity (Wildman–Crippen MR) is 127 cm³/mol. The van der Waals surface area contributed by atoms with Crippen molar-refractivity contribution in [3.8, 4) is 0 Å². The van der Waals surface area contributed by atoms with Crippen LogP contribution in [-0.4, -0.2) is 10.5 Å². The first kappa shape index (κ1) is 19.9. The minimum Gasteiger partial charge on any atom is -0.345 e. The molecule has 3 nitrogen and oxygen atoms in total. The van der Waals surface area contributed by atoms with Gasteiger partial charge in [-0.15, -0.1) is 0 Å². The summed E-state index contributed by atoms with van der Waals surface area (Å²) in [4.78, 5) is 15.7. The van der Waals surface area contributed by atoms with Crippen LogP contribution in [0.4, 0.5) is 5.69 Å². The van der Waals surface area contributed by atoms with Crippen molar-refractivity contribution in [3.63, 3.8) is 0 Å². The third kappa shape index (κ3) is 3.52. The Hall–Kier alpha value is -3.07. The van der Waals surface area contributed by atoms with Crippen LogP contribution in [0.15, 0.2) is 66.4 Å². The van der Waals surface area contributed by atoms with E-state index in [4.69, 9.17) is 0 Å². The third-order valence-corrected chi connectivity index (χ3v) is 7.02. The number of carbonyl (C=O) groups is 1. The highest BCUT2D eigenvalue weighted by Gasteiger charge is 2.26. The molecule has 3 heteroatoms. The van der Waals surface area contributed by atoms with Gasteiger partial charge in [0.25, 0.3) is 5.91 Å². The zero-order valence-electron chi connectivity index (χ0n) is 18.7. The molecule has 1 amide bonds. The SMILES string of the molecule is CC1=C(c2ccc(C(=O)N3Cc4cccn4Cc4ccccc43)cc2C)C(C)CCC1. The number of hydrogen-bond acceptors (Lipinski definition) is 1. The third-order valence-electron chi connectivity index (χ3n) is 7.02. The predicted octanol–water partition coefficient (Wildman–Crippen LogP) is 6.60. The molecule has 1 aliphatic heterocycles. The Morgan fingerprint density at radius 3 is 2.65 bits per heavy atom. The molecule has 1 aliphatic carbocycles. The van der Waals surface area contributed by atoms with Gasteiger partial charge < -0.3 is 9.47 Å². The minimum absolute atomic E-state index is 0.0687. The molecule has 0 N–H and O–H groups in total. The molecular formula is C28H30N2O. The molecule has 0 bridgehead atoms. The van der Waals surface area contributed by atoms with Crippen molar-refractivity contribution >= 4 is 17.2 Å². The molecule has 0 fully saturated rings. The van der Waals surface area contributed by atoms with E-state index in [1.807, 2.05) is 17.0 Å². The Morgan fingerprint density at radius 1 is 1.00 bits per heavy atom. The first-order valence-corrected chi connectivity index (χ1v) is 11.4. The maximum Gasteiger partial charge on any atom is 0.258 e. The normalized spacial score (nSPS) is 18.4. The Morgan fingerprint density at radius 2 is 1.84 bits per heavy atom. The topological polar surface area (TPSA) is 25.2 Å². The van der Waals surface area contributed by atoms with Gasteiger partial charge in [-0.05, 0) is 91.6 Å². The van der Waals surface area contributed by atoms with Gasteiger partial charge in [-0.3, -0.25) is 4.79 Å². The van der Waals surface area contributed by atoms with Crippen molar-refractivity contribution in [2.75, 3.05) is 4.90 Å². The monoisotopic (exact) mass is 410 g/mol. The van der Waals surface area contributed by atoms with Crippen molar-refractivity contribution in [1.82, 2.24) is 4.57 Å². The second-order valence-electron chi connectivity index (χ2n) is 9.16. The van der Waals surface area contributed by atoms with Crippen LogP contribution in [-0.2, 0) is 13.1 Å². The minimum atomic E-state index is 0.0687. The zero-order chi connectivity index (χ0) is 21.5. The highest BCUT2D eigenvalue weighted by atomic mass is 16.2. The molecule has 0 saturated carbocycles. The molecule has 1 aromatic heterocycles. The zero-order valence-corrected chi connectivity index (χ0v) is 18.7. The lowest BCUT2D eigenvalue weighted by Crippen LogP contribution is -2.30. The maximum atomic E-state index is 13.7. The molecule has 2 aliphatic rings. The number of benzene rings is 2. The average molecular weight is 411 g/mol. The fourth-order valence-corrected chi connectivity index (χ4v) is 5.39. The van der Waals surface area contributed by atoms with Crippen LogP contribution in [0, 0.1) is 12.8 Å². The van der Waals surface area contributed by atoms with E-state index in [2.05, 4.69) is 74.0 Å². The summed E-state index contributed by atoms with van der Waals surface area (Å²) < 4.78 is 2.24. The standard InChI is InChI=1S/C28H30N2O/c1-19-8-6-9-20(2)27(19)25-14-13-22(16-21(25)3)28(31)30-18-24-11-7-15-29(24)17-23-10-4-5-12-26(23)30/h4-5,7,10-16,19H,6,8-9,17-18H2,1-3H3. The van der Waals surface area contributed by atoms with Gasteiger partial charge in [-0.1, -0.05) is 36.8 Å². The molecule has 0 spiro atoms. The summed E-state index contributed by atoms with van der Waals surface area (Å²) in [5.74, 6) is 0.651. The van der Waals surface area contributed by atoms with Gasteiger partial charge in [0.15, 0.2) is 0 Å². The Bertz CT molecular complexity index is 1180. The number of aromatic nitrogens is 1. The Labute approximate surface area is 185 Å². The lowest BCUT2D eigenvalue weighted by molar-refractivity contribution is 0.0985. The van der Waals surface area contributed by atoms with Crippen LogP contribution in [0.25, 0.3) is 5.57 Å². The smallest absolute Gasteiger partial charge is 0.258 e. The summed E-state index contributed by atoms with van der Waals surface area (Å²) in [6, 6.07) is 18.7. The van der Waals surface area contributed by atoms with Crippen molar-refractivity contribution in [3.05, 3.63) is 94.3 Å². The molecule has 1 atom stereocenters. The van der Waals surface area contributed by atoms with E-state index in [0.29, 0.717) is 12.5 Å². The first-order valence-electron chi connectivity index (χ1n) is 11.4. The Kier molecular flexibility index (Phi) is 5.05. The van der Waals surface area contributed by atoms with E-state index in [9.17, 15) is 4.79 Å². The number of allylic oxidation sites excluding steroid dienone is 2. The van der Waals surface area contributed by atoms with E-state index in [1.54, 1.807) is 0 Å². The van der Waals surface area contributed by atoms with E-state index in [1.165, 1.54) is 47.1 Å². The van der Waals surface area contributed by atoms with Crippen LogP contribution in [0.5, 0.6) is 0 Å². The van der Waals surface area contributed by atoms with Gasteiger partial charge in [-0.25, -0.2) is 0 Å². The average Bonchev–Trinajstić information content (AvgIpc) is 3.13. The number of fused-ring (bicyclic) bond motifs is 2. The van der Waals surface area contributed by atoms with Crippen molar-refractivity contribution in [1.29, 1.82) is 0 Å². The van der Waals surface area contributed by atoms with E-state index < -0.39 is 0 Å². The number of amides is 1. The molecule has 2 heterocycles. The van der Waals surface area contributed by atoms with Gasteiger partial charge >= 0.3 is 0 Å². The van der Waals surface area contributed by atoms with E-state index in [0.717, 1.165) is 23.5 Å². The fourth-order valence-electron chi connectivity index (χ4n) is 5.39. The van der Waals surface area contributed by atoms with Crippen molar-refractivity contribution in [2.45, 2.75) is 53.1 Å². The number of anilines is 1. The van der Waals surface area contributed by atoms with Gasteiger partial charge in [0, 0.05) is 29.7 Å². The maximum absolute atomic E-state index is 13.7.